The third kappa shape index (κ3) is 3.94. The van der Waals surface area contributed by atoms with Gasteiger partial charge in [0.15, 0.2) is 0 Å². The molecule has 156 valence electrons. The van der Waals surface area contributed by atoms with Crippen LogP contribution in [-0.2, 0) is 6.42 Å². The number of rotatable bonds is 6. The van der Waals surface area contributed by atoms with Gasteiger partial charge in [0.1, 0.15) is 5.75 Å². The molecule has 0 radical (unpaired) electrons. The molecule has 1 aliphatic carbocycles. The van der Waals surface area contributed by atoms with Crippen LogP contribution in [0.2, 0.25) is 0 Å². The molecular formula is C28H29N2O+. The Morgan fingerprint density at radius 2 is 1.61 bits per heavy atom. The maximum atomic E-state index is 5.98. The lowest BCUT2D eigenvalue weighted by atomic mass is 9.97. The second-order valence-electron chi connectivity index (χ2n) is 9.41. The van der Waals surface area contributed by atoms with Gasteiger partial charge < -0.3 is 9.22 Å². The Hall–Kier alpha value is -3.17. The van der Waals surface area contributed by atoms with Crippen molar-refractivity contribution >= 4 is 10.9 Å². The van der Waals surface area contributed by atoms with Crippen LogP contribution in [0.5, 0.6) is 5.75 Å². The lowest BCUT2D eigenvalue weighted by Crippen LogP contribution is -2.35. The van der Waals surface area contributed by atoms with E-state index in [0.717, 1.165) is 53.0 Å². The third-order valence-corrected chi connectivity index (χ3v) is 6.02. The van der Waals surface area contributed by atoms with Crippen LogP contribution < -0.4 is 4.74 Å². The topological polar surface area (TPSA) is 22.1 Å². The molecule has 5 rings (SSSR count). The molecule has 0 aliphatic heterocycles. The average Bonchev–Trinajstić information content (AvgIpc) is 3.16. The number of fused-ring (bicyclic) bond motifs is 5. The number of benzene rings is 3. The Bertz CT molecular complexity index is 1240. The van der Waals surface area contributed by atoms with E-state index in [4.69, 9.17) is 9.72 Å². The number of para-hydroxylation sites is 1. The zero-order valence-corrected chi connectivity index (χ0v) is 18.6. The maximum Gasteiger partial charge on any atom is 0.119 e. The fourth-order valence-corrected chi connectivity index (χ4v) is 4.52. The quantitative estimate of drug-likeness (QED) is 0.255. The molecule has 0 saturated carbocycles. The highest BCUT2D eigenvalue weighted by molar-refractivity contribution is 6.02. The Morgan fingerprint density at radius 3 is 2.42 bits per heavy atom. The minimum absolute atomic E-state index is 0.744. The van der Waals surface area contributed by atoms with Gasteiger partial charge in [-0.05, 0) is 52.6 Å². The molecule has 0 amide bonds. The monoisotopic (exact) mass is 409 g/mol. The minimum Gasteiger partial charge on any atom is -0.493 e. The summed E-state index contributed by atoms with van der Waals surface area (Å²) in [5.41, 5.74) is 8.68. The van der Waals surface area contributed by atoms with Crippen molar-refractivity contribution < 1.29 is 9.22 Å². The average molecular weight is 410 g/mol. The summed E-state index contributed by atoms with van der Waals surface area (Å²) in [6.45, 7) is 1.85. The van der Waals surface area contributed by atoms with Gasteiger partial charge in [0.2, 0.25) is 0 Å². The van der Waals surface area contributed by atoms with Crippen LogP contribution in [0.4, 0.5) is 0 Å². The normalized spacial score (nSPS) is 12.6. The van der Waals surface area contributed by atoms with E-state index in [0.29, 0.717) is 0 Å². The first-order valence-electron chi connectivity index (χ1n) is 11.0. The zero-order chi connectivity index (χ0) is 21.4. The smallest absolute Gasteiger partial charge is 0.119 e. The van der Waals surface area contributed by atoms with Gasteiger partial charge >= 0.3 is 0 Å². The first kappa shape index (κ1) is 19.8. The second-order valence-corrected chi connectivity index (χ2v) is 9.41. The molecule has 0 atom stereocenters. The van der Waals surface area contributed by atoms with Crippen molar-refractivity contribution in [2.45, 2.75) is 12.8 Å². The predicted molar refractivity (Wildman–Crippen MR) is 128 cm³/mol. The van der Waals surface area contributed by atoms with E-state index in [9.17, 15) is 0 Å². The van der Waals surface area contributed by atoms with Crippen molar-refractivity contribution in [3.63, 3.8) is 0 Å². The predicted octanol–water partition coefficient (Wildman–Crippen LogP) is 5.95. The van der Waals surface area contributed by atoms with E-state index < -0.39 is 0 Å². The van der Waals surface area contributed by atoms with Gasteiger partial charge in [0.05, 0.1) is 45.5 Å². The lowest BCUT2D eigenvalue weighted by molar-refractivity contribution is -0.870. The van der Waals surface area contributed by atoms with E-state index in [1.165, 1.54) is 27.6 Å². The van der Waals surface area contributed by atoms with Gasteiger partial charge in [-0.25, -0.2) is 4.98 Å². The highest BCUT2D eigenvalue weighted by atomic mass is 16.5. The van der Waals surface area contributed by atoms with E-state index >= 15 is 0 Å². The molecule has 0 saturated heterocycles. The van der Waals surface area contributed by atoms with Gasteiger partial charge in [-0.15, -0.1) is 0 Å². The van der Waals surface area contributed by atoms with Gasteiger partial charge in [0, 0.05) is 23.8 Å². The Morgan fingerprint density at radius 1 is 0.871 bits per heavy atom. The number of ether oxygens (including phenoxy) is 1. The molecule has 3 nitrogen and oxygen atoms in total. The number of hydrogen-bond acceptors (Lipinski definition) is 2. The van der Waals surface area contributed by atoms with Crippen LogP contribution in [0.15, 0.2) is 72.8 Å². The largest absolute Gasteiger partial charge is 0.493 e. The first-order chi connectivity index (χ1) is 15.0. The fraction of sp³-hybridized carbons (Fsp3) is 0.250. The molecular weight excluding hydrogens is 380 g/mol. The van der Waals surface area contributed by atoms with Gasteiger partial charge in [-0.2, -0.15) is 0 Å². The molecule has 1 aromatic heterocycles. The SMILES string of the molecule is C[N+](C)(C)CCCOc1ccc(-c2nc3ccccc3c3c2Cc2ccccc2-3)cc1. The molecule has 31 heavy (non-hydrogen) atoms. The van der Waals surface area contributed by atoms with Crippen molar-refractivity contribution in [2.24, 2.45) is 0 Å². The van der Waals surface area contributed by atoms with Crippen LogP contribution >= 0.6 is 0 Å². The Kier molecular flexibility index (Phi) is 4.99. The van der Waals surface area contributed by atoms with Gasteiger partial charge in [-0.1, -0.05) is 42.5 Å². The number of hydrogen-bond donors (Lipinski definition) is 0. The Balaban J connectivity index is 1.47. The molecule has 1 heterocycles. The van der Waals surface area contributed by atoms with Crippen LogP contribution in [0.3, 0.4) is 0 Å². The van der Waals surface area contributed by atoms with E-state index in [1.807, 2.05) is 0 Å². The summed E-state index contributed by atoms with van der Waals surface area (Å²) in [4.78, 5) is 5.09. The summed E-state index contributed by atoms with van der Waals surface area (Å²) < 4.78 is 6.94. The zero-order valence-electron chi connectivity index (χ0n) is 18.6. The van der Waals surface area contributed by atoms with E-state index in [2.05, 4.69) is 93.9 Å². The van der Waals surface area contributed by atoms with Crippen molar-refractivity contribution in [1.29, 1.82) is 0 Å². The Labute approximate surface area is 184 Å². The molecule has 4 aromatic rings. The molecule has 3 aromatic carbocycles. The molecule has 0 spiro atoms. The summed E-state index contributed by atoms with van der Waals surface area (Å²) in [6, 6.07) is 25.7. The van der Waals surface area contributed by atoms with Gasteiger partial charge in [-0.3, -0.25) is 0 Å². The molecule has 0 N–H and O–H groups in total. The second kappa shape index (κ2) is 7.82. The molecule has 0 fully saturated rings. The number of aromatic nitrogens is 1. The number of pyridine rings is 1. The summed E-state index contributed by atoms with van der Waals surface area (Å²) in [5.74, 6) is 0.922. The first-order valence-corrected chi connectivity index (χ1v) is 11.0. The number of quaternary nitrogens is 1. The van der Waals surface area contributed by atoms with Gasteiger partial charge in [0.25, 0.3) is 0 Å². The standard InChI is InChI=1S/C28H29N2O/c1-30(2,3)17-8-18-31-22-15-13-20(14-16-22)28-25-19-21-9-4-5-10-23(21)27(25)24-11-6-7-12-26(24)29-28/h4-7,9-16H,8,17-19H2,1-3H3/q+1. The summed E-state index contributed by atoms with van der Waals surface area (Å²) in [7, 11) is 6.63. The van der Waals surface area contributed by atoms with Crippen LogP contribution in [0.25, 0.3) is 33.3 Å². The number of nitrogens with zero attached hydrogens (tertiary/aromatic N) is 2. The van der Waals surface area contributed by atoms with Crippen molar-refractivity contribution in [3.05, 3.63) is 83.9 Å². The highest BCUT2D eigenvalue weighted by Gasteiger charge is 2.25. The summed E-state index contributed by atoms with van der Waals surface area (Å²) >= 11 is 0. The summed E-state index contributed by atoms with van der Waals surface area (Å²) in [5, 5.41) is 1.24. The van der Waals surface area contributed by atoms with E-state index in [-0.39, 0.29) is 0 Å². The van der Waals surface area contributed by atoms with E-state index in [1.54, 1.807) is 0 Å². The lowest BCUT2D eigenvalue weighted by Gasteiger charge is -2.23. The van der Waals surface area contributed by atoms with Crippen LogP contribution in [0.1, 0.15) is 17.5 Å². The molecule has 1 aliphatic rings. The minimum atomic E-state index is 0.744. The summed E-state index contributed by atoms with van der Waals surface area (Å²) in [6.07, 6.45) is 1.98. The van der Waals surface area contributed by atoms with Crippen LogP contribution in [0, 0.1) is 0 Å². The molecule has 0 bridgehead atoms. The maximum absolute atomic E-state index is 5.98. The highest BCUT2D eigenvalue weighted by Crippen LogP contribution is 2.44. The molecule has 3 heteroatoms. The van der Waals surface area contributed by atoms with Crippen molar-refractivity contribution in [1.82, 2.24) is 4.98 Å². The fourth-order valence-electron chi connectivity index (χ4n) is 4.52. The van der Waals surface area contributed by atoms with Crippen LogP contribution in [-0.4, -0.2) is 43.8 Å². The van der Waals surface area contributed by atoms with Crippen molar-refractivity contribution in [2.75, 3.05) is 34.3 Å². The van der Waals surface area contributed by atoms with Crippen molar-refractivity contribution in [3.8, 4) is 28.1 Å². The third-order valence-electron chi connectivity index (χ3n) is 6.02. The molecule has 0 unspecified atom stereocenters.